The highest BCUT2D eigenvalue weighted by Gasteiger charge is 2.08. The number of nitrogens with zero attached hydrogens (tertiary/aromatic N) is 3. The molecule has 0 amide bonds. The zero-order chi connectivity index (χ0) is 16.2. The van der Waals surface area contributed by atoms with Gasteiger partial charge in [0.2, 0.25) is 5.89 Å². The molecule has 5 heteroatoms. The first-order chi connectivity index (χ1) is 11.2. The molecule has 1 aromatic heterocycles. The molecule has 0 aliphatic heterocycles. The molecule has 1 N–H and O–H groups in total. The lowest BCUT2D eigenvalue weighted by atomic mass is 10.1. The molecule has 5 nitrogen and oxygen atoms in total. The Hall–Kier alpha value is -3.57. The highest BCUT2D eigenvalue weighted by molar-refractivity contribution is 5.80. The van der Waals surface area contributed by atoms with Crippen LogP contribution in [0, 0.1) is 29.6 Å². The number of benzene rings is 2. The molecule has 1 heterocycles. The third-order valence-electron chi connectivity index (χ3n) is 3.28. The Morgan fingerprint density at radius 1 is 1.17 bits per heavy atom. The van der Waals surface area contributed by atoms with Gasteiger partial charge in [0, 0.05) is 23.5 Å². The predicted molar refractivity (Wildman–Crippen MR) is 87.1 cm³/mol. The van der Waals surface area contributed by atoms with E-state index in [0.717, 1.165) is 16.6 Å². The van der Waals surface area contributed by atoms with E-state index in [4.69, 9.17) is 14.9 Å². The molecular weight excluding hydrogens is 288 g/mol. The monoisotopic (exact) mass is 300 g/mol. The van der Waals surface area contributed by atoms with Gasteiger partial charge in [-0.15, -0.1) is 0 Å². The fourth-order valence-electron chi connectivity index (χ4n) is 2.16. The van der Waals surface area contributed by atoms with Crippen molar-refractivity contribution < 1.29 is 4.42 Å². The Labute approximate surface area is 133 Å². The van der Waals surface area contributed by atoms with E-state index in [9.17, 15) is 0 Å². The molecule has 23 heavy (non-hydrogen) atoms. The van der Waals surface area contributed by atoms with Crippen LogP contribution in [0.4, 0.5) is 5.69 Å². The van der Waals surface area contributed by atoms with Crippen LogP contribution in [0.5, 0.6) is 0 Å². The van der Waals surface area contributed by atoms with Crippen LogP contribution >= 0.6 is 0 Å². The number of hydrogen-bond acceptors (Lipinski definition) is 5. The maximum atomic E-state index is 8.72. The van der Waals surface area contributed by atoms with Gasteiger partial charge in [-0.05, 0) is 31.2 Å². The lowest BCUT2D eigenvalue weighted by Crippen LogP contribution is -1.89. The average molecular weight is 300 g/mol. The van der Waals surface area contributed by atoms with E-state index in [1.807, 2.05) is 43.3 Å². The second-order valence-corrected chi connectivity index (χ2v) is 5.00. The van der Waals surface area contributed by atoms with E-state index >= 15 is 0 Å². The van der Waals surface area contributed by atoms with Gasteiger partial charge >= 0.3 is 0 Å². The average Bonchev–Trinajstić information content (AvgIpc) is 2.99. The molecule has 0 aliphatic rings. The number of hydrogen-bond donors (Lipinski definition) is 1. The van der Waals surface area contributed by atoms with Gasteiger partial charge < -0.3 is 9.73 Å². The molecule has 0 fully saturated rings. The molecule has 0 bridgehead atoms. The van der Waals surface area contributed by atoms with Gasteiger partial charge in [0.05, 0.1) is 0 Å². The number of fused-ring (bicyclic) bond motifs is 1. The van der Waals surface area contributed by atoms with Gasteiger partial charge in [-0.2, -0.15) is 10.5 Å². The Balaban J connectivity index is 1.94. The molecule has 0 unspecified atom stereocenters. The normalized spacial score (nSPS) is 9.87. The van der Waals surface area contributed by atoms with Crippen LogP contribution in [0.15, 0.2) is 58.7 Å². The number of aryl methyl sites for hydroxylation is 1. The number of anilines is 1. The van der Waals surface area contributed by atoms with E-state index in [1.54, 1.807) is 18.2 Å². The fraction of sp³-hybridized carbons (Fsp3) is 0.0556. The topological polar surface area (TPSA) is 85.6 Å². The number of rotatable bonds is 3. The minimum atomic E-state index is 0.00289. The van der Waals surface area contributed by atoms with Crippen molar-refractivity contribution in [2.75, 3.05) is 5.32 Å². The van der Waals surface area contributed by atoms with Gasteiger partial charge in [0.15, 0.2) is 5.58 Å². The zero-order valence-corrected chi connectivity index (χ0v) is 12.4. The number of allylic oxidation sites excluding steroid dienone is 1. The second kappa shape index (κ2) is 6.05. The first kappa shape index (κ1) is 14.4. The number of nitriles is 2. The van der Waals surface area contributed by atoms with Crippen LogP contribution < -0.4 is 5.32 Å². The molecule has 0 aliphatic carbocycles. The van der Waals surface area contributed by atoms with Gasteiger partial charge in [0.1, 0.15) is 23.2 Å². The van der Waals surface area contributed by atoms with Crippen molar-refractivity contribution in [3.05, 3.63) is 59.8 Å². The van der Waals surface area contributed by atoms with E-state index < -0.39 is 0 Å². The minimum absolute atomic E-state index is 0.00289. The summed E-state index contributed by atoms with van der Waals surface area (Å²) in [4.78, 5) is 4.48. The quantitative estimate of drug-likeness (QED) is 0.734. The van der Waals surface area contributed by atoms with Crippen molar-refractivity contribution >= 4 is 16.8 Å². The van der Waals surface area contributed by atoms with Crippen molar-refractivity contribution in [2.24, 2.45) is 0 Å². The van der Waals surface area contributed by atoms with Crippen LogP contribution in [0.2, 0.25) is 0 Å². The van der Waals surface area contributed by atoms with Crippen LogP contribution in [0.1, 0.15) is 5.56 Å². The Kier molecular flexibility index (Phi) is 3.78. The molecular formula is C18H12N4O. The molecule has 110 valence electrons. The summed E-state index contributed by atoms with van der Waals surface area (Å²) in [5, 5.41) is 20.3. The zero-order valence-electron chi connectivity index (χ0n) is 12.4. The van der Waals surface area contributed by atoms with Crippen molar-refractivity contribution in [3.63, 3.8) is 0 Å². The number of aromatic nitrogens is 1. The smallest absolute Gasteiger partial charge is 0.227 e. The minimum Gasteiger partial charge on any atom is -0.436 e. The summed E-state index contributed by atoms with van der Waals surface area (Å²) in [5.41, 5.74) is 4.16. The van der Waals surface area contributed by atoms with Crippen molar-refractivity contribution in [2.45, 2.75) is 6.92 Å². The first-order valence-corrected chi connectivity index (χ1v) is 6.94. The Morgan fingerprint density at radius 2 is 2.00 bits per heavy atom. The maximum absolute atomic E-state index is 8.72. The van der Waals surface area contributed by atoms with Crippen LogP contribution in [-0.2, 0) is 0 Å². The van der Waals surface area contributed by atoms with E-state index in [0.29, 0.717) is 17.2 Å². The fourth-order valence-corrected chi connectivity index (χ4v) is 2.16. The van der Waals surface area contributed by atoms with Crippen molar-refractivity contribution in [3.8, 4) is 23.6 Å². The second-order valence-electron chi connectivity index (χ2n) is 5.00. The summed E-state index contributed by atoms with van der Waals surface area (Å²) in [7, 11) is 0. The molecule has 3 aromatic rings. The van der Waals surface area contributed by atoms with Gasteiger partial charge in [-0.3, -0.25) is 0 Å². The highest BCUT2D eigenvalue weighted by Crippen LogP contribution is 2.26. The largest absolute Gasteiger partial charge is 0.436 e. The summed E-state index contributed by atoms with van der Waals surface area (Å²) in [6.45, 7) is 2.02. The molecule has 3 rings (SSSR count). The first-order valence-electron chi connectivity index (χ1n) is 6.94. The molecule has 0 spiro atoms. The molecule has 0 saturated heterocycles. The van der Waals surface area contributed by atoms with E-state index in [-0.39, 0.29) is 5.57 Å². The molecule has 0 atom stereocenters. The molecule has 0 saturated carbocycles. The summed E-state index contributed by atoms with van der Waals surface area (Å²) in [6.07, 6.45) is 1.36. The lowest BCUT2D eigenvalue weighted by Gasteiger charge is -1.98. The van der Waals surface area contributed by atoms with Crippen LogP contribution in [-0.4, -0.2) is 4.98 Å². The molecule has 2 aromatic carbocycles. The highest BCUT2D eigenvalue weighted by atomic mass is 16.3. The van der Waals surface area contributed by atoms with E-state index in [1.165, 1.54) is 6.20 Å². The SMILES string of the molecule is Cc1cccc(-c2nc3ccc(NC=C(C#N)C#N)cc3o2)c1. The van der Waals surface area contributed by atoms with Gasteiger partial charge in [-0.25, -0.2) is 4.98 Å². The maximum Gasteiger partial charge on any atom is 0.227 e. The van der Waals surface area contributed by atoms with Crippen LogP contribution in [0.25, 0.3) is 22.6 Å². The standard InChI is InChI=1S/C18H12N4O/c1-12-3-2-4-14(7-12)18-22-16-6-5-15(8-17(16)23-18)21-11-13(9-19)10-20/h2-8,11,21H,1H3. The predicted octanol–water partition coefficient (Wildman–Crippen LogP) is 4.15. The number of oxazole rings is 1. The van der Waals surface area contributed by atoms with Gasteiger partial charge in [0.25, 0.3) is 0 Å². The van der Waals surface area contributed by atoms with Crippen molar-refractivity contribution in [1.29, 1.82) is 10.5 Å². The summed E-state index contributed by atoms with van der Waals surface area (Å²) >= 11 is 0. The van der Waals surface area contributed by atoms with Crippen molar-refractivity contribution in [1.82, 2.24) is 4.98 Å². The Bertz CT molecular complexity index is 970. The number of nitrogens with one attached hydrogen (secondary N) is 1. The summed E-state index contributed by atoms with van der Waals surface area (Å²) in [5.74, 6) is 0.561. The van der Waals surface area contributed by atoms with Crippen LogP contribution in [0.3, 0.4) is 0 Å². The summed E-state index contributed by atoms with van der Waals surface area (Å²) < 4.78 is 5.81. The lowest BCUT2D eigenvalue weighted by molar-refractivity contribution is 0.620. The van der Waals surface area contributed by atoms with E-state index in [2.05, 4.69) is 10.3 Å². The van der Waals surface area contributed by atoms with Gasteiger partial charge in [-0.1, -0.05) is 17.7 Å². The molecule has 0 radical (unpaired) electrons. The third kappa shape index (κ3) is 3.04. The third-order valence-corrected chi connectivity index (χ3v) is 3.28. The Morgan fingerprint density at radius 3 is 2.74 bits per heavy atom. The summed E-state index contributed by atoms with van der Waals surface area (Å²) in [6, 6.07) is 16.9.